The van der Waals surface area contributed by atoms with Gasteiger partial charge in [0.15, 0.2) is 5.69 Å². The summed E-state index contributed by atoms with van der Waals surface area (Å²) in [6.07, 6.45) is 1.90. The minimum absolute atomic E-state index is 0.137. The number of hydrogen-bond acceptors (Lipinski definition) is 4. The van der Waals surface area contributed by atoms with Crippen molar-refractivity contribution in [2.24, 2.45) is 5.92 Å². The first kappa shape index (κ1) is 18.6. The van der Waals surface area contributed by atoms with Gasteiger partial charge in [-0.05, 0) is 31.4 Å². The van der Waals surface area contributed by atoms with E-state index >= 15 is 0 Å². The normalized spacial score (nSPS) is 16.3. The van der Waals surface area contributed by atoms with E-state index in [2.05, 4.69) is 22.2 Å². The van der Waals surface area contributed by atoms with Crippen molar-refractivity contribution in [1.29, 1.82) is 0 Å². The molecule has 26 heavy (non-hydrogen) atoms. The summed E-state index contributed by atoms with van der Waals surface area (Å²) in [4.78, 5) is 28.0. The van der Waals surface area contributed by atoms with Gasteiger partial charge in [-0.25, -0.2) is 4.68 Å². The van der Waals surface area contributed by atoms with Crippen molar-refractivity contribution in [3.8, 4) is 0 Å². The number of likely N-dealkylation sites (tertiary alicyclic amines) is 1. The van der Waals surface area contributed by atoms with Crippen molar-refractivity contribution in [3.63, 3.8) is 0 Å². The van der Waals surface area contributed by atoms with Crippen LogP contribution in [0.3, 0.4) is 0 Å². The van der Waals surface area contributed by atoms with Gasteiger partial charge in [-0.2, -0.15) is 5.10 Å². The molecule has 0 atom stereocenters. The molecule has 6 nitrogen and oxygen atoms in total. The fourth-order valence-electron chi connectivity index (χ4n) is 3.52. The van der Waals surface area contributed by atoms with Gasteiger partial charge < -0.3 is 10.2 Å². The molecule has 2 aromatic rings. The Morgan fingerprint density at radius 2 is 1.88 bits per heavy atom. The Kier molecular flexibility index (Phi) is 5.71. The quantitative estimate of drug-likeness (QED) is 0.892. The summed E-state index contributed by atoms with van der Waals surface area (Å²) in [7, 11) is 0. The van der Waals surface area contributed by atoms with Crippen LogP contribution in [0.5, 0.6) is 0 Å². The van der Waals surface area contributed by atoms with E-state index in [9.17, 15) is 9.59 Å². The van der Waals surface area contributed by atoms with Gasteiger partial charge in [0.1, 0.15) is 0 Å². The lowest BCUT2D eigenvalue weighted by Gasteiger charge is -2.31. The molecule has 0 bridgehead atoms. The maximum absolute atomic E-state index is 12.9. The molecule has 6 heteroatoms. The second-order valence-corrected chi connectivity index (χ2v) is 7.46. The molecule has 1 aromatic heterocycles. The third kappa shape index (κ3) is 3.96. The predicted octanol–water partition coefficient (Wildman–Crippen LogP) is 2.27. The van der Waals surface area contributed by atoms with Gasteiger partial charge >= 0.3 is 0 Å². The molecule has 1 aliphatic heterocycles. The number of benzene rings is 1. The Hall–Kier alpha value is -2.21. The van der Waals surface area contributed by atoms with Crippen molar-refractivity contribution in [3.05, 3.63) is 40.3 Å². The van der Waals surface area contributed by atoms with Crippen LogP contribution in [0.25, 0.3) is 10.8 Å². The molecule has 0 unspecified atom stereocenters. The highest BCUT2D eigenvalue weighted by Gasteiger charge is 2.23. The summed E-state index contributed by atoms with van der Waals surface area (Å²) >= 11 is 0. The van der Waals surface area contributed by atoms with E-state index in [-0.39, 0.29) is 23.4 Å². The molecule has 1 aromatic carbocycles. The van der Waals surface area contributed by atoms with E-state index in [1.807, 2.05) is 26.0 Å². The molecular formula is C20H28N4O2. The van der Waals surface area contributed by atoms with E-state index in [0.29, 0.717) is 23.0 Å². The van der Waals surface area contributed by atoms with Gasteiger partial charge in [0.25, 0.3) is 11.5 Å². The molecule has 2 heterocycles. The van der Waals surface area contributed by atoms with Crippen LogP contribution in [0.4, 0.5) is 0 Å². The molecule has 0 radical (unpaired) electrons. The van der Waals surface area contributed by atoms with E-state index in [1.165, 1.54) is 4.68 Å². The Balaban J connectivity index is 1.89. The second kappa shape index (κ2) is 7.99. The zero-order chi connectivity index (χ0) is 18.7. The number of rotatable bonds is 5. The van der Waals surface area contributed by atoms with Crippen molar-refractivity contribution in [2.45, 2.75) is 46.2 Å². The zero-order valence-electron chi connectivity index (χ0n) is 15.9. The first-order valence-corrected chi connectivity index (χ1v) is 9.52. The van der Waals surface area contributed by atoms with Crippen LogP contribution in [0.1, 0.15) is 44.1 Å². The monoisotopic (exact) mass is 356 g/mol. The van der Waals surface area contributed by atoms with Gasteiger partial charge in [-0.1, -0.05) is 39.0 Å². The lowest BCUT2D eigenvalue weighted by molar-refractivity contribution is 0.0907. The number of piperidine rings is 1. The first-order chi connectivity index (χ1) is 12.5. The van der Waals surface area contributed by atoms with E-state index < -0.39 is 0 Å². The number of fused-ring (bicyclic) bond motifs is 1. The lowest BCUT2D eigenvalue weighted by Crippen LogP contribution is -2.45. The smallest absolute Gasteiger partial charge is 0.274 e. The highest BCUT2D eigenvalue weighted by Crippen LogP contribution is 2.16. The fourth-order valence-corrected chi connectivity index (χ4v) is 3.52. The molecule has 140 valence electrons. The second-order valence-electron chi connectivity index (χ2n) is 7.46. The molecule has 1 fully saturated rings. The maximum atomic E-state index is 12.9. The van der Waals surface area contributed by atoms with Crippen molar-refractivity contribution in [2.75, 3.05) is 19.6 Å². The van der Waals surface area contributed by atoms with Crippen molar-refractivity contribution < 1.29 is 4.79 Å². The predicted molar refractivity (Wildman–Crippen MR) is 103 cm³/mol. The van der Waals surface area contributed by atoms with Crippen molar-refractivity contribution in [1.82, 2.24) is 20.0 Å². The summed E-state index contributed by atoms with van der Waals surface area (Å²) < 4.78 is 1.43. The van der Waals surface area contributed by atoms with Gasteiger partial charge in [0, 0.05) is 31.1 Å². The van der Waals surface area contributed by atoms with Gasteiger partial charge in [-0.15, -0.1) is 0 Å². The Morgan fingerprint density at radius 3 is 2.50 bits per heavy atom. The lowest BCUT2D eigenvalue weighted by atomic mass is 10.0. The number of amides is 1. The maximum Gasteiger partial charge on any atom is 0.274 e. The minimum Gasteiger partial charge on any atom is -0.348 e. The topological polar surface area (TPSA) is 67.2 Å². The Morgan fingerprint density at radius 1 is 1.23 bits per heavy atom. The van der Waals surface area contributed by atoms with E-state index in [1.54, 1.807) is 12.1 Å². The van der Waals surface area contributed by atoms with E-state index in [4.69, 9.17) is 0 Å². The van der Waals surface area contributed by atoms with Crippen LogP contribution >= 0.6 is 0 Å². The zero-order valence-corrected chi connectivity index (χ0v) is 15.9. The number of nitrogens with zero attached hydrogens (tertiary/aromatic N) is 3. The summed E-state index contributed by atoms with van der Waals surface area (Å²) in [5.74, 6) is 0.0873. The molecule has 0 aliphatic carbocycles. The first-order valence-electron chi connectivity index (χ1n) is 9.52. The van der Waals surface area contributed by atoms with Crippen LogP contribution in [-0.4, -0.2) is 46.3 Å². The van der Waals surface area contributed by atoms with Crippen molar-refractivity contribution >= 4 is 16.7 Å². The SMILES string of the molecule is CCN1CCC(NC(=O)c2nn(CC(C)C)c(=O)c3ccccc23)CC1. The molecule has 0 spiro atoms. The molecule has 1 aliphatic rings. The fraction of sp³-hybridized carbons (Fsp3) is 0.550. The summed E-state index contributed by atoms with van der Waals surface area (Å²) in [5, 5.41) is 8.72. The number of carbonyl (C=O) groups excluding carboxylic acids is 1. The molecule has 0 saturated carbocycles. The van der Waals surface area contributed by atoms with Crippen LogP contribution in [-0.2, 0) is 6.54 Å². The Bertz CT molecular complexity index is 835. The number of hydrogen-bond donors (Lipinski definition) is 1. The largest absolute Gasteiger partial charge is 0.348 e. The third-order valence-electron chi connectivity index (χ3n) is 4.99. The minimum atomic E-state index is -0.186. The average Bonchev–Trinajstić information content (AvgIpc) is 2.64. The molecule has 1 saturated heterocycles. The molecule has 1 amide bonds. The van der Waals surface area contributed by atoms with Crippen LogP contribution in [0, 0.1) is 5.92 Å². The summed E-state index contributed by atoms with van der Waals surface area (Å²) in [5.41, 5.74) is 0.209. The number of nitrogens with one attached hydrogen (secondary N) is 1. The molecule has 1 N–H and O–H groups in total. The standard InChI is InChI=1S/C20H28N4O2/c1-4-23-11-9-15(10-12-23)21-19(25)18-16-7-5-6-8-17(16)20(26)24(22-18)13-14(2)3/h5-8,14-15H,4,9-13H2,1-3H3,(H,21,25). The number of aromatic nitrogens is 2. The Labute approximate surface area is 154 Å². The number of carbonyl (C=O) groups is 1. The average molecular weight is 356 g/mol. The molecular weight excluding hydrogens is 328 g/mol. The highest BCUT2D eigenvalue weighted by molar-refractivity contribution is 6.04. The van der Waals surface area contributed by atoms with Gasteiger partial charge in [0.2, 0.25) is 0 Å². The summed E-state index contributed by atoms with van der Waals surface area (Å²) in [6.45, 7) is 9.78. The van der Waals surface area contributed by atoms with Crippen LogP contribution < -0.4 is 10.9 Å². The van der Waals surface area contributed by atoms with E-state index in [0.717, 1.165) is 32.5 Å². The summed E-state index contributed by atoms with van der Waals surface area (Å²) in [6, 6.07) is 7.40. The third-order valence-corrected chi connectivity index (χ3v) is 4.99. The van der Waals surface area contributed by atoms with Gasteiger partial charge in [0.05, 0.1) is 5.39 Å². The van der Waals surface area contributed by atoms with Crippen LogP contribution in [0.2, 0.25) is 0 Å². The van der Waals surface area contributed by atoms with Crippen LogP contribution in [0.15, 0.2) is 29.1 Å². The highest BCUT2D eigenvalue weighted by atomic mass is 16.2. The van der Waals surface area contributed by atoms with Gasteiger partial charge in [-0.3, -0.25) is 9.59 Å². The molecule has 3 rings (SSSR count).